The molecule has 2 aliphatic carbocycles. The molecule has 2 fully saturated rings. The first kappa shape index (κ1) is 10.9. The zero-order valence-electron chi connectivity index (χ0n) is 9.59. The number of carbonyl (C=O) groups excluding carboxylic acids is 1. The van der Waals surface area contributed by atoms with Crippen LogP contribution >= 0.6 is 0 Å². The first-order chi connectivity index (χ1) is 7.11. The Morgan fingerprint density at radius 3 is 2.60 bits per heavy atom. The molecule has 3 heteroatoms. The van der Waals surface area contributed by atoms with Crippen molar-refractivity contribution in [2.45, 2.75) is 51.5 Å². The summed E-state index contributed by atoms with van der Waals surface area (Å²) in [5.74, 6) is 0.266. The van der Waals surface area contributed by atoms with E-state index in [1.807, 2.05) is 0 Å². The Bertz CT molecular complexity index is 248. The summed E-state index contributed by atoms with van der Waals surface area (Å²) in [5, 5.41) is 3.08. The summed E-state index contributed by atoms with van der Waals surface area (Å²) in [4.78, 5) is 11.9. The smallest absolute Gasteiger partial charge is 0.224 e. The van der Waals surface area contributed by atoms with Crippen molar-refractivity contribution in [2.24, 2.45) is 17.1 Å². The van der Waals surface area contributed by atoms with Gasteiger partial charge in [-0.3, -0.25) is 4.79 Å². The van der Waals surface area contributed by atoms with Crippen LogP contribution in [0.15, 0.2) is 0 Å². The van der Waals surface area contributed by atoms with Crippen molar-refractivity contribution in [3.8, 4) is 0 Å². The van der Waals surface area contributed by atoms with E-state index in [-0.39, 0.29) is 17.9 Å². The lowest BCUT2D eigenvalue weighted by Gasteiger charge is -2.38. The van der Waals surface area contributed by atoms with E-state index in [0.29, 0.717) is 5.41 Å². The number of hydrogen-bond acceptors (Lipinski definition) is 2. The fourth-order valence-corrected chi connectivity index (χ4v) is 2.70. The van der Waals surface area contributed by atoms with Gasteiger partial charge in [0.25, 0.3) is 0 Å². The van der Waals surface area contributed by atoms with Crippen LogP contribution in [0.3, 0.4) is 0 Å². The standard InChI is InChI=1S/C12H22N2O/c1-12(6-3-7-12)8-14-11(15)9-4-2-5-10(9)13/h9-10H,2-8,13H2,1H3,(H,14,15). The van der Waals surface area contributed by atoms with Gasteiger partial charge in [0.15, 0.2) is 0 Å². The van der Waals surface area contributed by atoms with Gasteiger partial charge in [0.1, 0.15) is 0 Å². The van der Waals surface area contributed by atoms with Crippen molar-refractivity contribution >= 4 is 5.91 Å². The highest BCUT2D eigenvalue weighted by Crippen LogP contribution is 2.39. The van der Waals surface area contributed by atoms with E-state index in [1.54, 1.807) is 0 Å². The number of hydrogen-bond donors (Lipinski definition) is 2. The Labute approximate surface area is 91.8 Å². The summed E-state index contributed by atoms with van der Waals surface area (Å²) in [5.41, 5.74) is 6.28. The first-order valence-electron chi connectivity index (χ1n) is 6.14. The first-order valence-corrected chi connectivity index (χ1v) is 6.14. The maximum Gasteiger partial charge on any atom is 0.224 e. The predicted molar refractivity (Wildman–Crippen MR) is 60.3 cm³/mol. The highest BCUT2D eigenvalue weighted by Gasteiger charge is 2.34. The zero-order valence-corrected chi connectivity index (χ0v) is 9.59. The molecular formula is C12H22N2O. The average Bonchev–Trinajstić information content (AvgIpc) is 2.58. The number of rotatable bonds is 3. The molecule has 0 saturated heterocycles. The van der Waals surface area contributed by atoms with Gasteiger partial charge in [-0.25, -0.2) is 0 Å². The quantitative estimate of drug-likeness (QED) is 0.740. The molecule has 86 valence electrons. The van der Waals surface area contributed by atoms with Crippen LogP contribution in [0.4, 0.5) is 0 Å². The van der Waals surface area contributed by atoms with Gasteiger partial charge in [0.2, 0.25) is 5.91 Å². The van der Waals surface area contributed by atoms with Gasteiger partial charge in [-0.1, -0.05) is 19.8 Å². The molecule has 3 N–H and O–H groups in total. The second-order valence-corrected chi connectivity index (χ2v) is 5.58. The molecule has 0 aromatic carbocycles. The van der Waals surface area contributed by atoms with Crippen LogP contribution in [-0.2, 0) is 4.79 Å². The molecule has 0 spiro atoms. The molecular weight excluding hydrogens is 188 g/mol. The zero-order chi connectivity index (χ0) is 10.9. The van der Waals surface area contributed by atoms with Gasteiger partial charge in [0, 0.05) is 12.6 Å². The number of amides is 1. The predicted octanol–water partition coefficient (Wildman–Crippen LogP) is 1.42. The van der Waals surface area contributed by atoms with Crippen molar-refractivity contribution in [2.75, 3.05) is 6.54 Å². The van der Waals surface area contributed by atoms with Gasteiger partial charge < -0.3 is 11.1 Å². The molecule has 2 unspecified atom stereocenters. The van der Waals surface area contributed by atoms with E-state index in [9.17, 15) is 4.79 Å². The van der Waals surface area contributed by atoms with E-state index < -0.39 is 0 Å². The van der Waals surface area contributed by atoms with Crippen molar-refractivity contribution in [3.05, 3.63) is 0 Å². The van der Waals surface area contributed by atoms with E-state index in [4.69, 9.17) is 5.73 Å². The largest absolute Gasteiger partial charge is 0.355 e. The Hall–Kier alpha value is -0.570. The Balaban J connectivity index is 1.76. The highest BCUT2D eigenvalue weighted by atomic mass is 16.1. The number of carbonyl (C=O) groups is 1. The number of nitrogens with one attached hydrogen (secondary N) is 1. The van der Waals surface area contributed by atoms with Gasteiger partial charge in [-0.2, -0.15) is 0 Å². The SMILES string of the molecule is CC1(CNC(=O)C2CCCC2N)CCC1. The fraction of sp³-hybridized carbons (Fsp3) is 0.917. The van der Waals surface area contributed by atoms with Crippen LogP contribution in [-0.4, -0.2) is 18.5 Å². The van der Waals surface area contributed by atoms with Gasteiger partial charge in [-0.15, -0.1) is 0 Å². The fourth-order valence-electron chi connectivity index (χ4n) is 2.70. The van der Waals surface area contributed by atoms with Crippen LogP contribution < -0.4 is 11.1 Å². The minimum absolute atomic E-state index is 0.0775. The average molecular weight is 210 g/mol. The third-order valence-corrected chi connectivity index (χ3v) is 4.16. The molecule has 0 heterocycles. The molecule has 2 aliphatic rings. The summed E-state index contributed by atoms with van der Waals surface area (Å²) >= 11 is 0. The summed E-state index contributed by atoms with van der Waals surface area (Å²) < 4.78 is 0. The molecule has 0 aliphatic heterocycles. The molecule has 0 aromatic rings. The van der Waals surface area contributed by atoms with Crippen LogP contribution in [0, 0.1) is 11.3 Å². The molecule has 0 bridgehead atoms. The Morgan fingerprint density at radius 2 is 2.13 bits per heavy atom. The Morgan fingerprint density at radius 1 is 1.40 bits per heavy atom. The van der Waals surface area contributed by atoms with Gasteiger partial charge in [0.05, 0.1) is 5.92 Å². The van der Waals surface area contributed by atoms with Crippen molar-refractivity contribution in [1.82, 2.24) is 5.32 Å². The second-order valence-electron chi connectivity index (χ2n) is 5.58. The van der Waals surface area contributed by atoms with Crippen LogP contribution in [0.5, 0.6) is 0 Å². The van der Waals surface area contributed by atoms with Crippen molar-refractivity contribution in [3.63, 3.8) is 0 Å². The van der Waals surface area contributed by atoms with Crippen LogP contribution in [0.2, 0.25) is 0 Å². The third-order valence-electron chi connectivity index (χ3n) is 4.16. The summed E-state index contributed by atoms with van der Waals surface area (Å²) in [7, 11) is 0. The molecule has 2 atom stereocenters. The molecule has 0 aromatic heterocycles. The van der Waals surface area contributed by atoms with E-state index >= 15 is 0 Å². The third kappa shape index (κ3) is 2.33. The van der Waals surface area contributed by atoms with Crippen LogP contribution in [0.25, 0.3) is 0 Å². The topological polar surface area (TPSA) is 55.1 Å². The second kappa shape index (κ2) is 4.12. The van der Waals surface area contributed by atoms with E-state index in [1.165, 1.54) is 19.3 Å². The molecule has 2 rings (SSSR count). The summed E-state index contributed by atoms with van der Waals surface area (Å²) in [6.45, 7) is 3.10. The molecule has 15 heavy (non-hydrogen) atoms. The molecule has 2 saturated carbocycles. The monoisotopic (exact) mass is 210 g/mol. The van der Waals surface area contributed by atoms with Crippen molar-refractivity contribution < 1.29 is 4.79 Å². The van der Waals surface area contributed by atoms with Crippen LogP contribution in [0.1, 0.15) is 45.4 Å². The minimum Gasteiger partial charge on any atom is -0.355 e. The summed E-state index contributed by atoms with van der Waals surface area (Å²) in [6.07, 6.45) is 6.92. The maximum absolute atomic E-state index is 11.9. The van der Waals surface area contributed by atoms with Gasteiger partial charge >= 0.3 is 0 Å². The Kier molecular flexibility index (Phi) is 3.01. The maximum atomic E-state index is 11.9. The lowest BCUT2D eigenvalue weighted by molar-refractivity contribution is -0.125. The molecule has 3 nitrogen and oxygen atoms in total. The minimum atomic E-state index is 0.0775. The normalized spacial score (nSPS) is 33.5. The number of nitrogens with two attached hydrogens (primary N) is 1. The lowest BCUT2D eigenvalue weighted by Crippen LogP contribution is -2.44. The lowest BCUT2D eigenvalue weighted by atomic mass is 9.70. The molecule has 0 radical (unpaired) electrons. The van der Waals surface area contributed by atoms with E-state index in [2.05, 4.69) is 12.2 Å². The van der Waals surface area contributed by atoms with Gasteiger partial charge in [-0.05, 0) is 31.1 Å². The van der Waals surface area contributed by atoms with Crippen molar-refractivity contribution in [1.29, 1.82) is 0 Å². The van der Waals surface area contributed by atoms with E-state index in [0.717, 1.165) is 25.8 Å². The molecule has 1 amide bonds. The summed E-state index contributed by atoms with van der Waals surface area (Å²) in [6, 6.07) is 0.0965. The highest BCUT2D eigenvalue weighted by molar-refractivity contribution is 5.79.